The van der Waals surface area contributed by atoms with Crippen molar-refractivity contribution in [3.63, 3.8) is 0 Å². The standard InChI is InChI=1S/C15H17BO3.2H2/c1-11(2)12-4-3-5-15(10-12)19-14-8-6-13(7-9-14)16(17)18;;/h3-11,17-18H,1-2H3;2*1H. The van der Waals surface area contributed by atoms with Crippen LogP contribution in [0.1, 0.15) is 28.2 Å². The summed E-state index contributed by atoms with van der Waals surface area (Å²) in [5.74, 6) is 1.91. The first-order valence-electron chi connectivity index (χ1n) is 6.30. The molecule has 0 spiro atoms. The van der Waals surface area contributed by atoms with Crippen molar-refractivity contribution < 1.29 is 17.6 Å². The Labute approximate surface area is 116 Å². The lowest BCUT2D eigenvalue weighted by atomic mass is 9.80. The average molecular weight is 260 g/mol. The summed E-state index contributed by atoms with van der Waals surface area (Å²) in [6.07, 6.45) is 0. The van der Waals surface area contributed by atoms with Crippen LogP contribution >= 0.6 is 0 Å². The number of hydrogen-bond acceptors (Lipinski definition) is 3. The molecule has 102 valence electrons. The fourth-order valence-electron chi connectivity index (χ4n) is 1.78. The smallest absolute Gasteiger partial charge is 0.457 e. The predicted octanol–water partition coefficient (Wildman–Crippen LogP) is 2.77. The molecular formula is C15H21BO3. The first-order valence-corrected chi connectivity index (χ1v) is 6.30. The van der Waals surface area contributed by atoms with E-state index in [9.17, 15) is 0 Å². The van der Waals surface area contributed by atoms with Crippen molar-refractivity contribution in [3.05, 3.63) is 54.1 Å². The Bertz CT molecular complexity index is 545. The number of ether oxygens (including phenoxy) is 1. The van der Waals surface area contributed by atoms with Crippen LogP contribution in [-0.4, -0.2) is 17.2 Å². The van der Waals surface area contributed by atoms with E-state index in [0.717, 1.165) is 5.75 Å². The third-order valence-corrected chi connectivity index (χ3v) is 2.94. The molecule has 0 unspecified atom stereocenters. The van der Waals surface area contributed by atoms with Gasteiger partial charge < -0.3 is 14.8 Å². The zero-order valence-corrected chi connectivity index (χ0v) is 11.1. The van der Waals surface area contributed by atoms with E-state index in [1.807, 2.05) is 18.2 Å². The van der Waals surface area contributed by atoms with Crippen LogP contribution in [0.2, 0.25) is 0 Å². The second-order valence-electron chi connectivity index (χ2n) is 4.77. The molecule has 0 saturated heterocycles. The summed E-state index contributed by atoms with van der Waals surface area (Å²) in [4.78, 5) is 0. The third kappa shape index (κ3) is 3.59. The Hall–Kier alpha value is -1.78. The van der Waals surface area contributed by atoms with Crippen molar-refractivity contribution in [1.29, 1.82) is 0 Å². The van der Waals surface area contributed by atoms with Crippen molar-refractivity contribution in [2.75, 3.05) is 0 Å². The van der Waals surface area contributed by atoms with Crippen LogP contribution in [0.5, 0.6) is 11.5 Å². The zero-order valence-electron chi connectivity index (χ0n) is 11.1. The second kappa shape index (κ2) is 5.91. The first kappa shape index (κ1) is 13.7. The lowest BCUT2D eigenvalue weighted by molar-refractivity contribution is 0.425. The molecule has 3 nitrogen and oxygen atoms in total. The highest BCUT2D eigenvalue weighted by Gasteiger charge is 2.10. The van der Waals surface area contributed by atoms with Crippen LogP contribution in [0, 0.1) is 0 Å². The summed E-state index contributed by atoms with van der Waals surface area (Å²) in [6, 6.07) is 14.7. The lowest BCUT2D eigenvalue weighted by Crippen LogP contribution is -2.29. The minimum Gasteiger partial charge on any atom is -0.457 e. The molecule has 4 heteroatoms. The van der Waals surface area contributed by atoms with Gasteiger partial charge in [-0.1, -0.05) is 38.1 Å². The van der Waals surface area contributed by atoms with E-state index in [2.05, 4.69) is 19.9 Å². The fourth-order valence-corrected chi connectivity index (χ4v) is 1.78. The van der Waals surface area contributed by atoms with Gasteiger partial charge in [0.2, 0.25) is 0 Å². The predicted molar refractivity (Wildman–Crippen MR) is 81.1 cm³/mol. The summed E-state index contributed by atoms with van der Waals surface area (Å²) in [5, 5.41) is 18.0. The van der Waals surface area contributed by atoms with E-state index < -0.39 is 7.12 Å². The Morgan fingerprint density at radius 1 is 1.00 bits per heavy atom. The quantitative estimate of drug-likeness (QED) is 0.831. The van der Waals surface area contributed by atoms with Gasteiger partial charge in [-0.3, -0.25) is 0 Å². The van der Waals surface area contributed by atoms with E-state index >= 15 is 0 Å². The largest absolute Gasteiger partial charge is 0.488 e. The van der Waals surface area contributed by atoms with Gasteiger partial charge in [-0.15, -0.1) is 0 Å². The molecule has 2 aromatic rings. The van der Waals surface area contributed by atoms with E-state index in [1.165, 1.54) is 5.56 Å². The Morgan fingerprint density at radius 3 is 2.26 bits per heavy atom. The fraction of sp³-hybridized carbons (Fsp3) is 0.200. The van der Waals surface area contributed by atoms with Crippen molar-refractivity contribution in [2.45, 2.75) is 19.8 Å². The first-order chi connectivity index (χ1) is 9.06. The van der Waals surface area contributed by atoms with E-state index in [0.29, 0.717) is 17.1 Å². The topological polar surface area (TPSA) is 49.7 Å². The lowest BCUT2D eigenvalue weighted by Gasteiger charge is -2.10. The van der Waals surface area contributed by atoms with Crippen LogP contribution in [-0.2, 0) is 0 Å². The zero-order chi connectivity index (χ0) is 13.8. The van der Waals surface area contributed by atoms with Gasteiger partial charge in [-0.05, 0) is 41.2 Å². The van der Waals surface area contributed by atoms with Gasteiger partial charge >= 0.3 is 7.12 Å². The summed E-state index contributed by atoms with van der Waals surface area (Å²) in [5.41, 5.74) is 1.67. The number of hydrogen-bond donors (Lipinski definition) is 2. The molecule has 0 aliphatic carbocycles. The van der Waals surface area contributed by atoms with Gasteiger partial charge in [0.25, 0.3) is 0 Å². The molecule has 0 aromatic heterocycles. The molecule has 19 heavy (non-hydrogen) atoms. The minimum atomic E-state index is -1.45. The third-order valence-electron chi connectivity index (χ3n) is 2.94. The van der Waals surface area contributed by atoms with Crippen molar-refractivity contribution >= 4 is 12.6 Å². The van der Waals surface area contributed by atoms with Gasteiger partial charge in [-0.25, -0.2) is 0 Å². The molecular weight excluding hydrogens is 239 g/mol. The van der Waals surface area contributed by atoms with Crippen molar-refractivity contribution in [1.82, 2.24) is 0 Å². The van der Waals surface area contributed by atoms with Crippen LogP contribution in [0.3, 0.4) is 0 Å². The van der Waals surface area contributed by atoms with Crippen LogP contribution in [0.15, 0.2) is 48.5 Å². The van der Waals surface area contributed by atoms with E-state index in [4.69, 9.17) is 14.8 Å². The van der Waals surface area contributed by atoms with Gasteiger partial charge in [0, 0.05) is 2.85 Å². The van der Waals surface area contributed by atoms with Gasteiger partial charge in [0.15, 0.2) is 0 Å². The molecule has 2 rings (SSSR count). The molecule has 0 heterocycles. The molecule has 0 atom stereocenters. The van der Waals surface area contributed by atoms with E-state index in [1.54, 1.807) is 24.3 Å². The van der Waals surface area contributed by atoms with Gasteiger partial charge in [-0.2, -0.15) is 0 Å². The molecule has 0 bridgehead atoms. The molecule has 0 aliphatic heterocycles. The molecule has 0 radical (unpaired) electrons. The maximum atomic E-state index is 9.02. The Morgan fingerprint density at radius 2 is 1.68 bits per heavy atom. The number of benzene rings is 2. The van der Waals surface area contributed by atoms with Crippen molar-refractivity contribution in [2.24, 2.45) is 0 Å². The molecule has 0 amide bonds. The summed E-state index contributed by atoms with van der Waals surface area (Å²) < 4.78 is 5.74. The van der Waals surface area contributed by atoms with Gasteiger partial charge in [0.1, 0.15) is 11.5 Å². The minimum absolute atomic E-state index is 0. The molecule has 2 aromatic carbocycles. The van der Waals surface area contributed by atoms with Crippen molar-refractivity contribution in [3.8, 4) is 11.5 Å². The monoisotopic (exact) mass is 260 g/mol. The Balaban J connectivity index is 0.00000200. The van der Waals surface area contributed by atoms with Crippen LogP contribution < -0.4 is 10.2 Å². The normalized spacial score (nSPS) is 10.6. The van der Waals surface area contributed by atoms with Crippen LogP contribution in [0.25, 0.3) is 0 Å². The maximum Gasteiger partial charge on any atom is 0.488 e. The highest BCUT2D eigenvalue weighted by Crippen LogP contribution is 2.24. The molecule has 0 saturated carbocycles. The highest BCUT2D eigenvalue weighted by atomic mass is 16.5. The Kier molecular flexibility index (Phi) is 4.25. The maximum absolute atomic E-state index is 9.02. The SMILES string of the molecule is CC(C)c1cccc(Oc2ccc(B(O)O)cc2)c1.[HH].[HH]. The van der Waals surface area contributed by atoms with Gasteiger partial charge in [0.05, 0.1) is 0 Å². The molecule has 2 N–H and O–H groups in total. The highest BCUT2D eigenvalue weighted by molar-refractivity contribution is 6.58. The summed E-state index contributed by atoms with van der Waals surface area (Å²) in [6.45, 7) is 4.27. The number of rotatable bonds is 4. The molecule has 0 fully saturated rings. The average Bonchev–Trinajstić information content (AvgIpc) is 2.39. The second-order valence-corrected chi connectivity index (χ2v) is 4.77. The molecule has 0 aliphatic rings. The van der Waals surface area contributed by atoms with E-state index in [-0.39, 0.29) is 2.85 Å². The van der Waals surface area contributed by atoms with Crippen LogP contribution in [0.4, 0.5) is 0 Å². The summed E-state index contributed by atoms with van der Waals surface area (Å²) in [7, 11) is -1.45. The summed E-state index contributed by atoms with van der Waals surface area (Å²) >= 11 is 0.